The lowest BCUT2D eigenvalue weighted by atomic mass is 9.98. The second-order valence-electron chi connectivity index (χ2n) is 6.00. The van der Waals surface area contributed by atoms with Crippen molar-refractivity contribution >= 4 is 34.3 Å². The van der Waals surface area contributed by atoms with Gasteiger partial charge in [-0.05, 0) is 50.5 Å². The Hall–Kier alpha value is -1.81. The van der Waals surface area contributed by atoms with Gasteiger partial charge in [-0.2, -0.15) is 0 Å². The lowest BCUT2D eigenvalue weighted by Gasteiger charge is -2.32. The summed E-state index contributed by atoms with van der Waals surface area (Å²) in [7, 11) is 0. The molecule has 1 aliphatic rings. The summed E-state index contributed by atoms with van der Waals surface area (Å²) in [5.74, 6) is 0.741. The predicted molar refractivity (Wildman–Crippen MR) is 93.1 cm³/mol. The number of rotatable bonds is 3. The number of aryl methyl sites for hydroxylation is 1. The zero-order valence-electron chi connectivity index (χ0n) is 13.5. The summed E-state index contributed by atoms with van der Waals surface area (Å²) in [6, 6.07) is 7.86. The van der Waals surface area contributed by atoms with E-state index in [1.54, 1.807) is 0 Å². The standard InChI is InChI=1S/C18H21ClN2O2/c1-3-23-18(22)13-5-4-8-21(11-13)17-9-12(2)15-7-6-14(19)10-16(15)20-17/h6-7,9-10,13H,3-5,8,11H2,1-2H3. The molecule has 0 saturated carbocycles. The Balaban J connectivity index is 1.88. The van der Waals surface area contributed by atoms with Gasteiger partial charge in [-0.3, -0.25) is 4.79 Å². The van der Waals surface area contributed by atoms with Crippen LogP contribution in [0, 0.1) is 12.8 Å². The molecule has 2 heterocycles. The van der Waals surface area contributed by atoms with E-state index in [9.17, 15) is 4.79 Å². The smallest absolute Gasteiger partial charge is 0.310 e. The van der Waals surface area contributed by atoms with Crippen LogP contribution < -0.4 is 4.90 Å². The Bertz CT molecular complexity index is 732. The van der Waals surface area contributed by atoms with E-state index in [1.165, 1.54) is 5.56 Å². The highest BCUT2D eigenvalue weighted by atomic mass is 35.5. The molecule has 1 aliphatic heterocycles. The molecule has 4 nitrogen and oxygen atoms in total. The first-order chi connectivity index (χ1) is 11.1. The van der Waals surface area contributed by atoms with E-state index in [-0.39, 0.29) is 11.9 Å². The summed E-state index contributed by atoms with van der Waals surface area (Å²) in [5.41, 5.74) is 2.06. The van der Waals surface area contributed by atoms with Crippen LogP contribution in [0.15, 0.2) is 24.3 Å². The molecule has 0 N–H and O–H groups in total. The number of hydrogen-bond acceptors (Lipinski definition) is 4. The number of fused-ring (bicyclic) bond motifs is 1. The van der Waals surface area contributed by atoms with Crippen molar-refractivity contribution in [1.82, 2.24) is 4.98 Å². The quantitative estimate of drug-likeness (QED) is 0.797. The molecule has 1 aromatic carbocycles. The molecule has 5 heteroatoms. The summed E-state index contributed by atoms with van der Waals surface area (Å²) in [5, 5.41) is 1.79. The molecule has 1 atom stereocenters. The van der Waals surface area contributed by atoms with Crippen LogP contribution in [0.3, 0.4) is 0 Å². The van der Waals surface area contributed by atoms with E-state index in [4.69, 9.17) is 21.3 Å². The van der Waals surface area contributed by atoms with Gasteiger partial charge >= 0.3 is 5.97 Å². The first-order valence-corrected chi connectivity index (χ1v) is 8.44. The maximum Gasteiger partial charge on any atom is 0.310 e. The lowest BCUT2D eigenvalue weighted by molar-refractivity contribution is -0.148. The van der Waals surface area contributed by atoms with E-state index in [2.05, 4.69) is 17.9 Å². The average Bonchev–Trinajstić information content (AvgIpc) is 2.54. The second-order valence-corrected chi connectivity index (χ2v) is 6.43. The number of pyridine rings is 1. The van der Waals surface area contributed by atoms with Gasteiger partial charge in [0.1, 0.15) is 5.82 Å². The van der Waals surface area contributed by atoms with Gasteiger partial charge in [0, 0.05) is 23.5 Å². The van der Waals surface area contributed by atoms with Crippen LogP contribution in [-0.2, 0) is 9.53 Å². The topological polar surface area (TPSA) is 42.4 Å². The third-order valence-electron chi connectivity index (χ3n) is 4.33. The van der Waals surface area contributed by atoms with Crippen LogP contribution in [-0.4, -0.2) is 30.6 Å². The summed E-state index contributed by atoms with van der Waals surface area (Å²) >= 11 is 6.09. The van der Waals surface area contributed by atoms with Gasteiger partial charge in [0.25, 0.3) is 0 Å². The van der Waals surface area contributed by atoms with Crippen molar-refractivity contribution in [2.24, 2.45) is 5.92 Å². The molecule has 0 radical (unpaired) electrons. The Morgan fingerprint density at radius 2 is 2.26 bits per heavy atom. The molecule has 1 saturated heterocycles. The predicted octanol–water partition coefficient (Wildman–Crippen LogP) is 3.98. The molecule has 122 valence electrons. The SMILES string of the molecule is CCOC(=O)C1CCCN(c2cc(C)c3ccc(Cl)cc3n2)C1. The first-order valence-electron chi connectivity index (χ1n) is 8.07. The van der Waals surface area contributed by atoms with E-state index in [0.717, 1.165) is 36.1 Å². The summed E-state index contributed by atoms with van der Waals surface area (Å²) < 4.78 is 5.17. The molecule has 0 amide bonds. The van der Waals surface area contributed by atoms with Gasteiger partial charge in [-0.15, -0.1) is 0 Å². The minimum Gasteiger partial charge on any atom is -0.466 e. The number of aromatic nitrogens is 1. The van der Waals surface area contributed by atoms with Crippen LogP contribution >= 0.6 is 11.6 Å². The molecule has 1 aromatic heterocycles. The normalized spacial score (nSPS) is 18.2. The van der Waals surface area contributed by atoms with Crippen molar-refractivity contribution < 1.29 is 9.53 Å². The van der Waals surface area contributed by atoms with Crippen LogP contribution in [0.4, 0.5) is 5.82 Å². The number of halogens is 1. The highest BCUT2D eigenvalue weighted by Gasteiger charge is 2.27. The summed E-state index contributed by atoms with van der Waals surface area (Å²) in [4.78, 5) is 18.9. The number of carbonyl (C=O) groups excluding carboxylic acids is 1. The van der Waals surface area contributed by atoms with Crippen LogP contribution in [0.2, 0.25) is 5.02 Å². The second kappa shape index (κ2) is 6.75. The Morgan fingerprint density at radius 3 is 3.04 bits per heavy atom. The molecule has 0 spiro atoms. The summed E-state index contributed by atoms with van der Waals surface area (Å²) in [6.07, 6.45) is 1.85. The fourth-order valence-corrected chi connectivity index (χ4v) is 3.32. The first kappa shape index (κ1) is 16.1. The van der Waals surface area contributed by atoms with E-state index >= 15 is 0 Å². The van der Waals surface area contributed by atoms with Gasteiger partial charge in [0.05, 0.1) is 18.0 Å². The van der Waals surface area contributed by atoms with E-state index < -0.39 is 0 Å². The third kappa shape index (κ3) is 3.42. The number of nitrogens with zero attached hydrogens (tertiary/aromatic N) is 2. The number of anilines is 1. The van der Waals surface area contributed by atoms with Crippen molar-refractivity contribution in [3.63, 3.8) is 0 Å². The van der Waals surface area contributed by atoms with Crippen molar-refractivity contribution in [2.75, 3.05) is 24.6 Å². The largest absolute Gasteiger partial charge is 0.466 e. The zero-order valence-corrected chi connectivity index (χ0v) is 14.3. The van der Waals surface area contributed by atoms with Crippen LogP contribution in [0.25, 0.3) is 10.9 Å². The number of esters is 1. The van der Waals surface area contributed by atoms with Gasteiger partial charge < -0.3 is 9.64 Å². The Morgan fingerprint density at radius 1 is 1.43 bits per heavy atom. The highest BCUT2D eigenvalue weighted by Crippen LogP contribution is 2.28. The molecule has 1 fully saturated rings. The molecular weight excluding hydrogens is 312 g/mol. The molecule has 23 heavy (non-hydrogen) atoms. The van der Waals surface area contributed by atoms with Gasteiger partial charge in [-0.1, -0.05) is 17.7 Å². The highest BCUT2D eigenvalue weighted by molar-refractivity contribution is 6.31. The Kier molecular flexibility index (Phi) is 4.71. The number of carbonyl (C=O) groups is 1. The summed E-state index contributed by atoms with van der Waals surface area (Å²) in [6.45, 7) is 5.93. The third-order valence-corrected chi connectivity index (χ3v) is 4.57. The minimum absolute atomic E-state index is 0.0686. The fraction of sp³-hybridized carbons (Fsp3) is 0.444. The maximum absolute atomic E-state index is 12.0. The Labute approximate surface area is 141 Å². The van der Waals surface area contributed by atoms with Gasteiger partial charge in [0.2, 0.25) is 0 Å². The molecule has 0 bridgehead atoms. The average molecular weight is 333 g/mol. The lowest BCUT2D eigenvalue weighted by Crippen LogP contribution is -2.39. The molecule has 1 unspecified atom stereocenters. The minimum atomic E-state index is -0.0993. The van der Waals surface area contributed by atoms with Gasteiger partial charge in [0.15, 0.2) is 0 Å². The zero-order chi connectivity index (χ0) is 16.4. The molecular formula is C18H21ClN2O2. The van der Waals surface area contributed by atoms with E-state index in [1.807, 2.05) is 25.1 Å². The van der Waals surface area contributed by atoms with Gasteiger partial charge in [-0.25, -0.2) is 4.98 Å². The number of hydrogen-bond donors (Lipinski definition) is 0. The molecule has 3 rings (SSSR count). The van der Waals surface area contributed by atoms with Crippen molar-refractivity contribution in [1.29, 1.82) is 0 Å². The van der Waals surface area contributed by atoms with Crippen molar-refractivity contribution in [2.45, 2.75) is 26.7 Å². The number of benzene rings is 1. The number of ether oxygens (including phenoxy) is 1. The van der Waals surface area contributed by atoms with Crippen LogP contribution in [0.1, 0.15) is 25.3 Å². The van der Waals surface area contributed by atoms with Crippen molar-refractivity contribution in [3.05, 3.63) is 34.9 Å². The monoisotopic (exact) mass is 332 g/mol. The fourth-order valence-electron chi connectivity index (χ4n) is 3.16. The number of piperidine rings is 1. The molecule has 0 aliphatic carbocycles. The maximum atomic E-state index is 12.0. The van der Waals surface area contributed by atoms with E-state index in [0.29, 0.717) is 18.2 Å². The molecule has 2 aromatic rings. The van der Waals surface area contributed by atoms with Crippen molar-refractivity contribution in [3.8, 4) is 0 Å². The van der Waals surface area contributed by atoms with Crippen LogP contribution in [0.5, 0.6) is 0 Å².